The average Bonchev–Trinajstić information content (AvgIpc) is 2.91. The van der Waals surface area contributed by atoms with Crippen LogP contribution in [0.3, 0.4) is 0 Å². The molecule has 1 aromatic heterocycles. The molecule has 4 heteroatoms. The van der Waals surface area contributed by atoms with Crippen molar-refractivity contribution >= 4 is 23.0 Å². The molecule has 0 bridgehead atoms. The molecular formula is C19H18ClN3. The first-order valence-corrected chi connectivity index (χ1v) is 8.09. The van der Waals surface area contributed by atoms with Gasteiger partial charge in [0.15, 0.2) is 0 Å². The first kappa shape index (κ1) is 14.2. The quantitative estimate of drug-likeness (QED) is 0.714. The van der Waals surface area contributed by atoms with E-state index in [4.69, 9.17) is 17.3 Å². The normalized spacial score (nSPS) is 13.3. The number of nitrogens with two attached hydrogens (primary N) is 1. The van der Waals surface area contributed by atoms with Gasteiger partial charge < -0.3 is 15.2 Å². The molecule has 3 nitrogen and oxygen atoms in total. The lowest BCUT2D eigenvalue weighted by molar-refractivity contribution is 0.735. The van der Waals surface area contributed by atoms with Gasteiger partial charge >= 0.3 is 0 Å². The monoisotopic (exact) mass is 323 g/mol. The highest BCUT2D eigenvalue weighted by atomic mass is 35.5. The van der Waals surface area contributed by atoms with E-state index >= 15 is 0 Å². The van der Waals surface area contributed by atoms with Crippen molar-refractivity contribution in [1.82, 2.24) is 4.57 Å². The number of aromatic nitrogens is 1. The summed E-state index contributed by atoms with van der Waals surface area (Å²) in [5, 5.41) is 0.724. The molecule has 0 amide bonds. The van der Waals surface area contributed by atoms with Crippen LogP contribution >= 0.6 is 11.6 Å². The zero-order valence-corrected chi connectivity index (χ0v) is 13.5. The molecule has 0 fully saturated rings. The van der Waals surface area contributed by atoms with Crippen molar-refractivity contribution in [2.75, 3.05) is 10.6 Å². The molecule has 23 heavy (non-hydrogen) atoms. The van der Waals surface area contributed by atoms with Crippen LogP contribution in [-0.2, 0) is 19.6 Å². The Morgan fingerprint density at radius 1 is 1.00 bits per heavy atom. The fourth-order valence-corrected chi connectivity index (χ4v) is 3.45. The van der Waals surface area contributed by atoms with Gasteiger partial charge in [0.2, 0.25) is 0 Å². The molecule has 0 atom stereocenters. The third-order valence-corrected chi connectivity index (χ3v) is 4.74. The Labute approximate surface area is 140 Å². The number of fused-ring (bicyclic) bond motifs is 2. The van der Waals surface area contributed by atoms with Gasteiger partial charge in [-0.1, -0.05) is 35.9 Å². The third-order valence-electron chi connectivity index (χ3n) is 4.39. The first-order chi connectivity index (χ1) is 11.2. The van der Waals surface area contributed by atoms with Gasteiger partial charge in [-0.3, -0.25) is 0 Å². The number of hydrogen-bond donors (Lipinski definition) is 1. The molecule has 0 spiro atoms. The maximum absolute atomic E-state index is 6.38. The number of nitrogen functional groups attached to an aromatic ring is 1. The maximum atomic E-state index is 6.38. The molecule has 1 aliphatic heterocycles. The minimum atomic E-state index is 0.698. The van der Waals surface area contributed by atoms with Gasteiger partial charge in [-0.15, -0.1) is 0 Å². The van der Waals surface area contributed by atoms with E-state index in [1.807, 2.05) is 18.2 Å². The molecule has 2 N–H and O–H groups in total. The Bertz CT molecular complexity index is 853. The van der Waals surface area contributed by atoms with Gasteiger partial charge in [0.05, 0.1) is 6.54 Å². The summed E-state index contributed by atoms with van der Waals surface area (Å²) in [6.45, 7) is 2.54. The first-order valence-electron chi connectivity index (χ1n) is 7.71. The van der Waals surface area contributed by atoms with E-state index in [1.54, 1.807) is 0 Å². The lowest BCUT2D eigenvalue weighted by Gasteiger charge is -2.25. The van der Waals surface area contributed by atoms with Crippen LogP contribution < -0.4 is 10.6 Å². The second-order valence-corrected chi connectivity index (χ2v) is 6.37. The smallest absolute Gasteiger partial charge is 0.0585 e. The minimum Gasteiger partial charge on any atom is -0.399 e. The molecule has 2 heterocycles. The Morgan fingerprint density at radius 3 is 2.74 bits per heavy atom. The van der Waals surface area contributed by atoms with Crippen LogP contribution in [0.1, 0.15) is 16.8 Å². The van der Waals surface area contributed by atoms with E-state index in [0.29, 0.717) is 5.69 Å². The molecular weight excluding hydrogens is 306 g/mol. The summed E-state index contributed by atoms with van der Waals surface area (Å²) in [4.78, 5) is 2.38. The van der Waals surface area contributed by atoms with Crippen molar-refractivity contribution in [2.24, 2.45) is 0 Å². The molecule has 0 unspecified atom stereocenters. The van der Waals surface area contributed by atoms with Crippen LogP contribution in [-0.4, -0.2) is 4.57 Å². The fraction of sp³-hybridized carbons (Fsp3) is 0.158. The molecule has 2 aromatic carbocycles. The van der Waals surface area contributed by atoms with Crippen molar-refractivity contribution in [3.8, 4) is 0 Å². The number of anilines is 2. The Hall–Kier alpha value is -2.39. The number of para-hydroxylation sites is 1. The second kappa shape index (κ2) is 5.67. The number of rotatable bonds is 2. The Kier molecular flexibility index (Phi) is 3.50. The van der Waals surface area contributed by atoms with Crippen LogP contribution in [0, 0.1) is 0 Å². The number of nitrogens with zero attached hydrogens (tertiary/aromatic N) is 2. The lowest BCUT2D eigenvalue weighted by Crippen LogP contribution is -2.22. The summed E-state index contributed by atoms with van der Waals surface area (Å²) in [5.74, 6) is 0. The zero-order chi connectivity index (χ0) is 15.8. The molecule has 4 rings (SSSR count). The van der Waals surface area contributed by atoms with Gasteiger partial charge in [0.25, 0.3) is 0 Å². The van der Waals surface area contributed by atoms with E-state index in [0.717, 1.165) is 30.2 Å². The standard InChI is InChI=1S/C19H18ClN3/c20-18-10-16(21)8-7-14(18)11-23-13-17-5-3-9-22(17)12-15-4-1-2-6-19(15)23/h1-10H,11-13,21H2. The van der Waals surface area contributed by atoms with Gasteiger partial charge in [0, 0.05) is 41.4 Å². The Balaban J connectivity index is 1.74. The summed E-state index contributed by atoms with van der Waals surface area (Å²) >= 11 is 6.38. The molecule has 0 saturated carbocycles. The van der Waals surface area contributed by atoms with E-state index in [9.17, 15) is 0 Å². The largest absolute Gasteiger partial charge is 0.399 e. The van der Waals surface area contributed by atoms with Crippen molar-refractivity contribution in [1.29, 1.82) is 0 Å². The van der Waals surface area contributed by atoms with Crippen molar-refractivity contribution in [3.05, 3.63) is 82.6 Å². The molecule has 0 saturated heterocycles. The van der Waals surface area contributed by atoms with Crippen LogP contribution in [0.2, 0.25) is 5.02 Å². The van der Waals surface area contributed by atoms with Crippen molar-refractivity contribution in [2.45, 2.75) is 19.6 Å². The van der Waals surface area contributed by atoms with Crippen LogP contribution in [0.15, 0.2) is 60.8 Å². The predicted octanol–water partition coefficient (Wildman–Crippen LogP) is 4.29. The Morgan fingerprint density at radius 2 is 1.87 bits per heavy atom. The molecule has 3 aromatic rings. The van der Waals surface area contributed by atoms with E-state index in [-0.39, 0.29) is 0 Å². The maximum Gasteiger partial charge on any atom is 0.0585 e. The summed E-state index contributed by atoms with van der Waals surface area (Å²) in [7, 11) is 0. The third kappa shape index (κ3) is 2.68. The van der Waals surface area contributed by atoms with Crippen LogP contribution in [0.4, 0.5) is 11.4 Å². The highest BCUT2D eigenvalue weighted by Gasteiger charge is 2.19. The number of hydrogen-bond acceptors (Lipinski definition) is 2. The van der Waals surface area contributed by atoms with Crippen LogP contribution in [0.25, 0.3) is 0 Å². The van der Waals surface area contributed by atoms with Crippen molar-refractivity contribution < 1.29 is 0 Å². The zero-order valence-electron chi connectivity index (χ0n) is 12.7. The molecule has 0 radical (unpaired) electrons. The topological polar surface area (TPSA) is 34.2 Å². The SMILES string of the molecule is Nc1ccc(CN2Cc3cccn3Cc3ccccc32)c(Cl)c1. The average molecular weight is 324 g/mol. The summed E-state index contributed by atoms with van der Waals surface area (Å²) in [6.07, 6.45) is 2.14. The van der Waals surface area contributed by atoms with Gasteiger partial charge in [0.1, 0.15) is 0 Å². The summed E-state index contributed by atoms with van der Waals surface area (Å²) < 4.78 is 2.31. The van der Waals surface area contributed by atoms with Gasteiger partial charge in [-0.25, -0.2) is 0 Å². The van der Waals surface area contributed by atoms with E-state index in [2.05, 4.69) is 52.1 Å². The van der Waals surface area contributed by atoms with Crippen LogP contribution in [0.5, 0.6) is 0 Å². The highest BCUT2D eigenvalue weighted by molar-refractivity contribution is 6.31. The lowest BCUT2D eigenvalue weighted by atomic mass is 10.1. The van der Waals surface area contributed by atoms with Gasteiger partial charge in [-0.05, 0) is 41.5 Å². The summed E-state index contributed by atoms with van der Waals surface area (Å²) in [6, 6.07) is 18.6. The minimum absolute atomic E-state index is 0.698. The second-order valence-electron chi connectivity index (χ2n) is 5.96. The van der Waals surface area contributed by atoms with E-state index in [1.165, 1.54) is 16.9 Å². The molecule has 116 valence electrons. The fourth-order valence-electron chi connectivity index (χ4n) is 3.20. The predicted molar refractivity (Wildman–Crippen MR) is 95.7 cm³/mol. The van der Waals surface area contributed by atoms with E-state index < -0.39 is 0 Å². The molecule has 0 aliphatic carbocycles. The number of benzene rings is 2. The van der Waals surface area contributed by atoms with Crippen molar-refractivity contribution in [3.63, 3.8) is 0 Å². The highest BCUT2D eigenvalue weighted by Crippen LogP contribution is 2.30. The van der Waals surface area contributed by atoms with Gasteiger partial charge in [-0.2, -0.15) is 0 Å². The molecule has 1 aliphatic rings. The number of halogens is 1. The summed E-state index contributed by atoms with van der Waals surface area (Å²) in [5.41, 5.74) is 11.5.